The van der Waals surface area contributed by atoms with Crippen molar-refractivity contribution in [1.82, 2.24) is 4.98 Å². The van der Waals surface area contributed by atoms with Crippen LogP contribution in [0.25, 0.3) is 0 Å². The minimum atomic E-state index is -3.92. The first-order valence-corrected chi connectivity index (χ1v) is 8.05. The number of rotatable bonds is 4. The molecule has 110 valence electrons. The van der Waals surface area contributed by atoms with Crippen LogP contribution in [0.3, 0.4) is 0 Å². The van der Waals surface area contributed by atoms with Crippen molar-refractivity contribution in [1.29, 1.82) is 0 Å². The van der Waals surface area contributed by atoms with E-state index >= 15 is 0 Å². The van der Waals surface area contributed by atoms with Crippen LogP contribution >= 0.6 is 15.9 Å². The van der Waals surface area contributed by atoms with E-state index in [0.717, 1.165) is 0 Å². The predicted octanol–water partition coefficient (Wildman–Crippen LogP) is 2.65. The van der Waals surface area contributed by atoms with Crippen LogP contribution < -0.4 is 4.72 Å². The second-order valence-electron chi connectivity index (χ2n) is 4.25. The zero-order chi connectivity index (χ0) is 15.6. The van der Waals surface area contributed by atoms with Crippen LogP contribution in [0.5, 0.6) is 0 Å². The summed E-state index contributed by atoms with van der Waals surface area (Å²) in [5.41, 5.74) is 0.452. The van der Waals surface area contributed by atoms with Gasteiger partial charge in [-0.3, -0.25) is 9.71 Å². The summed E-state index contributed by atoms with van der Waals surface area (Å²) >= 11 is 3.14. The van der Waals surface area contributed by atoms with Crippen LogP contribution in [-0.2, 0) is 10.0 Å². The number of nitrogens with one attached hydrogen (secondary N) is 1. The molecule has 1 heterocycles. The molecular weight excluding hydrogens is 360 g/mol. The monoisotopic (exact) mass is 370 g/mol. The Bertz CT molecular complexity index is 806. The number of nitrogens with zero attached hydrogens (tertiary/aromatic N) is 1. The molecule has 1 aromatic carbocycles. The standard InChI is InChI=1S/C13H11BrN2O4S/c1-8-3-2-4-11(13(17)18)12(8)16-21(19,20)10-5-9(14)6-15-7-10/h2-7,16H,1H3,(H,17,18). The third kappa shape index (κ3) is 3.40. The Labute approximate surface area is 130 Å². The molecule has 0 atom stereocenters. The molecule has 1 aromatic heterocycles. The SMILES string of the molecule is Cc1cccc(C(=O)O)c1NS(=O)(=O)c1cncc(Br)c1. The Morgan fingerprint density at radius 1 is 1.33 bits per heavy atom. The average molecular weight is 371 g/mol. The minimum absolute atomic E-state index is 0.0463. The number of aromatic carboxylic acids is 1. The van der Waals surface area contributed by atoms with Crippen LogP contribution in [0.4, 0.5) is 5.69 Å². The number of hydrogen-bond acceptors (Lipinski definition) is 4. The summed E-state index contributed by atoms with van der Waals surface area (Å²) in [5.74, 6) is -1.20. The molecule has 2 rings (SSSR count). The third-order valence-electron chi connectivity index (χ3n) is 2.73. The van der Waals surface area contributed by atoms with Crippen molar-refractivity contribution in [2.45, 2.75) is 11.8 Å². The summed E-state index contributed by atoms with van der Waals surface area (Å²) in [5, 5.41) is 9.15. The van der Waals surface area contributed by atoms with E-state index in [0.29, 0.717) is 10.0 Å². The molecule has 0 aliphatic carbocycles. The number of carboxylic acid groups (broad SMARTS) is 1. The quantitative estimate of drug-likeness (QED) is 0.862. The summed E-state index contributed by atoms with van der Waals surface area (Å²) in [7, 11) is -3.92. The lowest BCUT2D eigenvalue weighted by atomic mass is 10.1. The molecule has 2 N–H and O–H groups in total. The molecule has 6 nitrogen and oxygen atoms in total. The van der Waals surface area contributed by atoms with Crippen molar-refractivity contribution >= 4 is 37.6 Å². The molecule has 0 aliphatic rings. The van der Waals surface area contributed by atoms with Crippen LogP contribution in [0.1, 0.15) is 15.9 Å². The van der Waals surface area contributed by atoms with E-state index in [-0.39, 0.29) is 16.1 Å². The number of aryl methyl sites for hydroxylation is 1. The maximum absolute atomic E-state index is 12.3. The third-order valence-corrected chi connectivity index (χ3v) is 4.48. The second-order valence-corrected chi connectivity index (χ2v) is 6.85. The molecule has 0 aliphatic heterocycles. The van der Waals surface area contributed by atoms with Crippen molar-refractivity contribution in [2.24, 2.45) is 0 Å². The Kier molecular flexibility index (Phi) is 4.29. The topological polar surface area (TPSA) is 96.4 Å². The molecule has 0 saturated heterocycles. The van der Waals surface area contributed by atoms with Gasteiger partial charge in [0.15, 0.2) is 0 Å². The molecule has 2 aromatic rings. The number of carbonyl (C=O) groups is 1. The predicted molar refractivity (Wildman–Crippen MR) is 80.9 cm³/mol. The number of hydrogen-bond donors (Lipinski definition) is 2. The van der Waals surface area contributed by atoms with Gasteiger partial charge in [-0.1, -0.05) is 12.1 Å². The van der Waals surface area contributed by atoms with Gasteiger partial charge in [-0.15, -0.1) is 0 Å². The van der Waals surface area contributed by atoms with Gasteiger partial charge < -0.3 is 5.11 Å². The van der Waals surface area contributed by atoms with E-state index in [2.05, 4.69) is 25.6 Å². The number of halogens is 1. The Balaban J connectivity index is 2.49. The van der Waals surface area contributed by atoms with Crippen molar-refractivity contribution in [3.8, 4) is 0 Å². The lowest BCUT2D eigenvalue weighted by Crippen LogP contribution is -2.16. The normalized spacial score (nSPS) is 11.1. The highest BCUT2D eigenvalue weighted by molar-refractivity contribution is 9.10. The molecule has 0 unspecified atom stereocenters. The number of sulfonamides is 1. The number of para-hydroxylation sites is 1. The molecule has 21 heavy (non-hydrogen) atoms. The van der Waals surface area contributed by atoms with Crippen molar-refractivity contribution < 1.29 is 18.3 Å². The largest absolute Gasteiger partial charge is 0.478 e. The summed E-state index contributed by atoms with van der Waals surface area (Å²) in [6, 6.07) is 5.90. The van der Waals surface area contributed by atoms with E-state index in [1.807, 2.05) is 0 Å². The lowest BCUT2D eigenvalue weighted by Gasteiger charge is -2.13. The fourth-order valence-electron chi connectivity index (χ4n) is 1.71. The number of anilines is 1. The van der Waals surface area contributed by atoms with Gasteiger partial charge in [0.05, 0.1) is 11.3 Å². The summed E-state index contributed by atoms with van der Waals surface area (Å²) in [4.78, 5) is 14.9. The molecule has 0 amide bonds. The zero-order valence-corrected chi connectivity index (χ0v) is 13.3. The van der Waals surface area contributed by atoms with E-state index in [4.69, 9.17) is 5.11 Å². The first-order chi connectivity index (χ1) is 9.81. The number of benzene rings is 1. The first kappa shape index (κ1) is 15.5. The van der Waals surface area contributed by atoms with Crippen LogP contribution in [0, 0.1) is 6.92 Å². The average Bonchev–Trinajstić information content (AvgIpc) is 2.40. The van der Waals surface area contributed by atoms with Gasteiger partial charge in [0.2, 0.25) is 0 Å². The zero-order valence-electron chi connectivity index (χ0n) is 10.9. The van der Waals surface area contributed by atoms with Gasteiger partial charge >= 0.3 is 5.97 Å². The van der Waals surface area contributed by atoms with Gasteiger partial charge in [0.1, 0.15) is 4.90 Å². The first-order valence-electron chi connectivity index (χ1n) is 5.77. The Morgan fingerprint density at radius 2 is 2.05 bits per heavy atom. The lowest BCUT2D eigenvalue weighted by molar-refractivity contribution is 0.0698. The molecular formula is C13H11BrN2O4S. The van der Waals surface area contributed by atoms with Gasteiger partial charge in [0, 0.05) is 16.9 Å². The van der Waals surface area contributed by atoms with Crippen molar-refractivity contribution in [2.75, 3.05) is 4.72 Å². The highest BCUT2D eigenvalue weighted by atomic mass is 79.9. The molecule has 0 spiro atoms. The summed E-state index contributed by atoms with van der Waals surface area (Å²) in [6.07, 6.45) is 2.64. The minimum Gasteiger partial charge on any atom is -0.478 e. The van der Waals surface area contributed by atoms with E-state index < -0.39 is 16.0 Å². The molecule has 0 fully saturated rings. The molecule has 0 bridgehead atoms. The van der Waals surface area contributed by atoms with Crippen molar-refractivity contribution in [3.63, 3.8) is 0 Å². The second kappa shape index (κ2) is 5.82. The van der Waals surface area contributed by atoms with Gasteiger partial charge in [-0.2, -0.15) is 0 Å². The maximum atomic E-state index is 12.3. The van der Waals surface area contributed by atoms with Gasteiger partial charge in [0.25, 0.3) is 10.0 Å². The number of carboxylic acids is 1. The molecule has 0 radical (unpaired) electrons. The fraction of sp³-hybridized carbons (Fsp3) is 0.0769. The number of aromatic nitrogens is 1. The Hall–Kier alpha value is -1.93. The van der Waals surface area contributed by atoms with E-state index in [1.165, 1.54) is 24.5 Å². The van der Waals surface area contributed by atoms with E-state index in [1.54, 1.807) is 19.1 Å². The summed E-state index contributed by atoms with van der Waals surface area (Å²) < 4.78 is 27.5. The van der Waals surface area contributed by atoms with Crippen LogP contribution in [0.15, 0.2) is 46.0 Å². The fourth-order valence-corrected chi connectivity index (χ4v) is 3.37. The highest BCUT2D eigenvalue weighted by Gasteiger charge is 2.20. The van der Waals surface area contributed by atoms with Gasteiger partial charge in [-0.05, 0) is 40.5 Å². The maximum Gasteiger partial charge on any atom is 0.337 e. The van der Waals surface area contributed by atoms with Crippen LogP contribution in [-0.4, -0.2) is 24.5 Å². The van der Waals surface area contributed by atoms with Crippen LogP contribution in [0.2, 0.25) is 0 Å². The summed E-state index contributed by atoms with van der Waals surface area (Å²) in [6.45, 7) is 1.63. The molecule has 8 heteroatoms. The Morgan fingerprint density at radius 3 is 2.67 bits per heavy atom. The van der Waals surface area contributed by atoms with E-state index in [9.17, 15) is 13.2 Å². The van der Waals surface area contributed by atoms with Crippen molar-refractivity contribution in [3.05, 3.63) is 52.3 Å². The molecule has 0 saturated carbocycles. The highest BCUT2D eigenvalue weighted by Crippen LogP contribution is 2.24. The smallest absolute Gasteiger partial charge is 0.337 e. The number of pyridine rings is 1. The van der Waals surface area contributed by atoms with Gasteiger partial charge in [-0.25, -0.2) is 13.2 Å².